The highest BCUT2D eigenvalue weighted by Crippen LogP contribution is 2.80. The van der Waals surface area contributed by atoms with Gasteiger partial charge in [-0.2, -0.15) is 0 Å². The second kappa shape index (κ2) is 9.45. The lowest BCUT2D eigenvalue weighted by Crippen LogP contribution is -2.77. The average molecular weight is 572 g/mol. The van der Waals surface area contributed by atoms with Crippen LogP contribution in [-0.2, 0) is 23.7 Å². The molecular formula is C32H45NO8. The van der Waals surface area contributed by atoms with Gasteiger partial charge in [0.15, 0.2) is 0 Å². The van der Waals surface area contributed by atoms with E-state index in [1.807, 2.05) is 6.07 Å². The maximum Gasteiger partial charge on any atom is 0.338 e. The third-order valence-corrected chi connectivity index (χ3v) is 12.7. The second-order valence-electron chi connectivity index (χ2n) is 13.7. The van der Waals surface area contributed by atoms with Crippen LogP contribution in [0.1, 0.15) is 43.0 Å². The minimum absolute atomic E-state index is 0.00707. The third-order valence-electron chi connectivity index (χ3n) is 12.7. The van der Waals surface area contributed by atoms with Crippen molar-refractivity contribution in [1.82, 2.24) is 4.90 Å². The van der Waals surface area contributed by atoms with Crippen molar-refractivity contribution in [3.63, 3.8) is 0 Å². The van der Waals surface area contributed by atoms with E-state index < -0.39 is 40.7 Å². The molecule has 1 aromatic rings. The molecule has 5 saturated carbocycles. The molecular weight excluding hydrogens is 526 g/mol. The van der Waals surface area contributed by atoms with E-state index in [1.54, 1.807) is 52.7 Å². The van der Waals surface area contributed by atoms with Gasteiger partial charge in [-0.15, -0.1) is 0 Å². The van der Waals surface area contributed by atoms with Gasteiger partial charge in [0.1, 0.15) is 11.7 Å². The summed E-state index contributed by atoms with van der Waals surface area (Å²) in [5.74, 6) is -1.36. The topological polar surface area (TPSA) is 107 Å². The monoisotopic (exact) mass is 571 g/mol. The lowest BCUT2D eigenvalue weighted by molar-refractivity contribution is -0.283. The SMILES string of the molecule is CCN1C[C@]2(COC)CC[C@H](OC)[C@]34C1[C@H]([C@H](OC)[C@H]23)[C@@]1(O)C[C@H](OC)[C@@]2(O)C[C@@H]4[C@@H]1[C@H]2OC(=O)c1ccccc1. The summed E-state index contributed by atoms with van der Waals surface area (Å²) in [6.45, 7) is 4.48. The van der Waals surface area contributed by atoms with Crippen molar-refractivity contribution >= 4 is 5.97 Å². The van der Waals surface area contributed by atoms with Crippen molar-refractivity contribution in [2.45, 2.75) is 74.3 Å². The summed E-state index contributed by atoms with van der Waals surface area (Å²) in [6.07, 6.45) is 0.478. The number of piperidine rings is 1. The van der Waals surface area contributed by atoms with E-state index in [2.05, 4.69) is 11.8 Å². The molecule has 0 aromatic heterocycles. The first-order chi connectivity index (χ1) is 19.7. The van der Waals surface area contributed by atoms with Gasteiger partial charge in [0.25, 0.3) is 0 Å². The average Bonchev–Trinajstić information content (AvgIpc) is 3.36. The zero-order valence-electron chi connectivity index (χ0n) is 24.8. The first-order valence-corrected chi connectivity index (χ1v) is 15.2. The van der Waals surface area contributed by atoms with Gasteiger partial charge in [-0.1, -0.05) is 25.1 Å². The van der Waals surface area contributed by atoms with E-state index in [0.717, 1.165) is 25.9 Å². The summed E-state index contributed by atoms with van der Waals surface area (Å²) in [6, 6.07) is 8.87. The lowest BCUT2D eigenvalue weighted by Gasteiger charge is -2.69. The molecule has 7 bridgehead atoms. The first-order valence-electron chi connectivity index (χ1n) is 15.2. The largest absolute Gasteiger partial charge is 0.455 e. The maximum absolute atomic E-state index is 13.5. The summed E-state index contributed by atoms with van der Waals surface area (Å²) >= 11 is 0. The van der Waals surface area contributed by atoms with Crippen LogP contribution in [0.3, 0.4) is 0 Å². The standard InChI is InChI=1S/C32H45NO8/c1-6-33-16-29(17-37-2)13-12-20(38-3)32-19-14-30(35)21(39-4)15-31(36,23(26(32)33)24(40-5)25(29)32)22(19)27(30)41-28(34)18-10-8-7-9-11-18/h7-11,19-27,35-36H,6,12-17H2,1-5H3/t19-,20+,21+,22-,23+,24+,25-,26?,27-,29+,30+,31-,32+/m1/s1. The van der Waals surface area contributed by atoms with Gasteiger partial charge >= 0.3 is 5.97 Å². The molecule has 1 unspecified atom stereocenters. The van der Waals surface area contributed by atoms with Gasteiger partial charge in [-0.3, -0.25) is 4.90 Å². The number of carbonyl (C=O) groups excluding carboxylic acids is 1. The van der Waals surface area contributed by atoms with Crippen LogP contribution in [0.15, 0.2) is 30.3 Å². The Morgan fingerprint density at radius 2 is 1.71 bits per heavy atom. The zero-order valence-corrected chi connectivity index (χ0v) is 24.8. The number of benzene rings is 1. The number of fused-ring (bicyclic) bond motifs is 2. The highest BCUT2D eigenvalue weighted by Gasteiger charge is 2.88. The molecule has 1 aliphatic heterocycles. The van der Waals surface area contributed by atoms with Crippen LogP contribution in [0, 0.1) is 34.5 Å². The molecule has 1 aromatic carbocycles. The number of hydrogen-bond donors (Lipinski definition) is 2. The molecule has 13 atom stereocenters. The van der Waals surface area contributed by atoms with Crippen LogP contribution in [0.2, 0.25) is 0 Å². The number of nitrogens with zero attached hydrogens (tertiary/aromatic N) is 1. The van der Waals surface area contributed by atoms with Gasteiger partial charge < -0.3 is 33.9 Å². The molecule has 226 valence electrons. The van der Waals surface area contributed by atoms with E-state index in [0.29, 0.717) is 18.6 Å². The van der Waals surface area contributed by atoms with Crippen molar-refractivity contribution in [1.29, 1.82) is 0 Å². The van der Waals surface area contributed by atoms with Crippen molar-refractivity contribution in [2.75, 3.05) is 48.1 Å². The van der Waals surface area contributed by atoms with Crippen LogP contribution in [-0.4, -0.2) is 111 Å². The Balaban J connectivity index is 1.44. The fraction of sp³-hybridized carbons (Fsp3) is 0.781. The number of rotatable bonds is 8. The number of methoxy groups -OCH3 is 4. The van der Waals surface area contributed by atoms with Crippen LogP contribution >= 0.6 is 0 Å². The number of likely N-dealkylation sites (tertiary alicyclic amines) is 1. The number of esters is 1. The van der Waals surface area contributed by atoms with Crippen LogP contribution < -0.4 is 0 Å². The van der Waals surface area contributed by atoms with E-state index in [1.165, 1.54) is 0 Å². The molecule has 5 aliphatic carbocycles. The highest BCUT2D eigenvalue weighted by molar-refractivity contribution is 5.89. The Bertz CT molecular complexity index is 1180. The van der Waals surface area contributed by atoms with E-state index in [9.17, 15) is 15.0 Å². The smallest absolute Gasteiger partial charge is 0.338 e. The van der Waals surface area contributed by atoms with Crippen molar-refractivity contribution in [3.8, 4) is 0 Å². The molecule has 2 N–H and O–H groups in total. The molecule has 7 rings (SSSR count). The van der Waals surface area contributed by atoms with Gasteiger partial charge in [0.05, 0.1) is 36.1 Å². The molecule has 0 amide bonds. The molecule has 41 heavy (non-hydrogen) atoms. The van der Waals surface area contributed by atoms with Crippen molar-refractivity contribution in [2.24, 2.45) is 34.5 Å². The predicted molar refractivity (Wildman–Crippen MR) is 148 cm³/mol. The van der Waals surface area contributed by atoms with Gasteiger partial charge in [0.2, 0.25) is 0 Å². The fourth-order valence-electron chi connectivity index (χ4n) is 11.9. The van der Waals surface area contributed by atoms with E-state index in [-0.39, 0.29) is 47.8 Å². The summed E-state index contributed by atoms with van der Waals surface area (Å²) < 4.78 is 31.1. The Labute approximate surface area is 242 Å². The van der Waals surface area contributed by atoms with Gasteiger partial charge in [0, 0.05) is 76.0 Å². The predicted octanol–water partition coefficient (Wildman–Crippen LogP) is 2.14. The van der Waals surface area contributed by atoms with E-state index >= 15 is 0 Å². The minimum Gasteiger partial charge on any atom is -0.455 e. The molecule has 9 heteroatoms. The third kappa shape index (κ3) is 3.24. The summed E-state index contributed by atoms with van der Waals surface area (Å²) in [5, 5.41) is 25.7. The van der Waals surface area contributed by atoms with Crippen LogP contribution in [0.5, 0.6) is 0 Å². The van der Waals surface area contributed by atoms with Crippen LogP contribution in [0.25, 0.3) is 0 Å². The Morgan fingerprint density at radius 1 is 0.976 bits per heavy atom. The maximum atomic E-state index is 13.5. The molecule has 1 spiro atoms. The molecule has 6 aliphatic rings. The molecule has 1 saturated heterocycles. The number of hydrogen-bond acceptors (Lipinski definition) is 9. The molecule has 6 fully saturated rings. The highest BCUT2D eigenvalue weighted by atomic mass is 16.6. The Hall–Kier alpha value is -1.59. The molecule has 1 heterocycles. The number of ether oxygens (including phenoxy) is 5. The Morgan fingerprint density at radius 3 is 2.34 bits per heavy atom. The van der Waals surface area contributed by atoms with E-state index in [4.69, 9.17) is 23.7 Å². The second-order valence-corrected chi connectivity index (χ2v) is 13.7. The molecule has 0 radical (unpaired) electrons. The Kier molecular flexibility index (Phi) is 6.50. The normalized spacial score (nSPS) is 51.0. The first kappa shape index (κ1) is 28.2. The van der Waals surface area contributed by atoms with Gasteiger partial charge in [-0.25, -0.2) is 4.79 Å². The number of aliphatic hydroxyl groups is 2. The van der Waals surface area contributed by atoms with Crippen molar-refractivity contribution < 1.29 is 38.7 Å². The summed E-state index contributed by atoms with van der Waals surface area (Å²) in [7, 11) is 6.91. The molecule has 9 nitrogen and oxygen atoms in total. The zero-order chi connectivity index (χ0) is 28.9. The van der Waals surface area contributed by atoms with Crippen LogP contribution in [0.4, 0.5) is 0 Å². The quantitative estimate of drug-likeness (QED) is 0.454. The summed E-state index contributed by atoms with van der Waals surface area (Å²) in [5.41, 5.74) is -2.90. The van der Waals surface area contributed by atoms with Crippen molar-refractivity contribution in [3.05, 3.63) is 35.9 Å². The minimum atomic E-state index is -1.44. The lowest BCUT2D eigenvalue weighted by atomic mass is 9.43. The number of carbonyl (C=O) groups is 1. The fourth-order valence-corrected chi connectivity index (χ4v) is 11.9. The van der Waals surface area contributed by atoms with Gasteiger partial charge in [-0.05, 0) is 43.9 Å². The summed E-state index contributed by atoms with van der Waals surface area (Å²) in [4.78, 5) is 16.1.